The molecule has 1 N–H and O–H groups in total. The predicted molar refractivity (Wildman–Crippen MR) is 280 cm³/mol. The number of unbranched alkanes of at least 4 members (excludes halogenated alkanes) is 28. The summed E-state index contributed by atoms with van der Waals surface area (Å²) in [5, 5.41) is 4.91. The lowest BCUT2D eigenvalue weighted by Crippen LogP contribution is -2.38. The van der Waals surface area contributed by atoms with Gasteiger partial charge in [0.2, 0.25) is 0 Å². The Hall–Kier alpha value is 0.770. The van der Waals surface area contributed by atoms with Crippen molar-refractivity contribution in [1.82, 2.24) is 5.09 Å². The lowest BCUT2D eigenvalue weighted by molar-refractivity contribution is -0.844. The highest BCUT2D eigenvalue weighted by Crippen LogP contribution is 2.44. The summed E-state index contributed by atoms with van der Waals surface area (Å²) in [5.41, 5.74) is 0. The summed E-state index contributed by atoms with van der Waals surface area (Å²) >= 11 is 4.57. The van der Waals surface area contributed by atoms with Crippen LogP contribution in [0.15, 0.2) is 0 Å². The minimum absolute atomic E-state index is 0.499. The Kier molecular flexibility index (Phi) is 47.9. The molecule has 0 aromatic heterocycles. The van der Waals surface area contributed by atoms with E-state index < -0.39 is 7.75 Å². The van der Waals surface area contributed by atoms with Gasteiger partial charge in [-0.2, -0.15) is 23.5 Å². The molecule has 0 bridgehead atoms. The van der Waals surface area contributed by atoms with E-state index >= 15 is 0 Å². The second kappa shape index (κ2) is 47.3. The molecule has 0 saturated carbocycles. The van der Waals surface area contributed by atoms with Crippen molar-refractivity contribution < 1.29 is 18.1 Å². The standard InChI is InChI=1S/C53H111N2O3PS2/c1-8-12-16-20-23-29-35-43-53(61-51-41-19-15-11-4)45-37-31-25-27-33-39-49-58-59(56,54-46-47-55(5,6)7)57-48-38-32-26-22-24-30-36-44-52(60-50-40-18-14-10-3)42-34-28-21-17-13-9-2/h52-53H,5,8-51H2,1-4,6-7H3,(H,54,56). The van der Waals surface area contributed by atoms with Gasteiger partial charge in [-0.25, -0.2) is 9.65 Å². The average molecular weight is 920 g/mol. The Labute approximate surface area is 393 Å². The maximum atomic E-state index is 13.7. The van der Waals surface area contributed by atoms with Gasteiger partial charge in [0.05, 0.1) is 26.3 Å². The lowest BCUT2D eigenvalue weighted by Gasteiger charge is -2.33. The number of hydrogen-bond acceptors (Lipinski definition) is 5. The van der Waals surface area contributed by atoms with Crippen LogP contribution >= 0.6 is 31.3 Å². The molecule has 0 aromatic rings. The fourth-order valence-electron chi connectivity index (χ4n) is 8.19. The summed E-state index contributed by atoms with van der Waals surface area (Å²) in [4.78, 5) is 0. The predicted octanol–water partition coefficient (Wildman–Crippen LogP) is 18.7. The molecule has 5 nitrogen and oxygen atoms in total. The topological polar surface area (TPSA) is 47.6 Å². The molecular weight excluding hydrogens is 808 g/mol. The molecule has 0 amide bonds. The van der Waals surface area contributed by atoms with Crippen LogP contribution in [0, 0.1) is 7.05 Å². The summed E-state index contributed by atoms with van der Waals surface area (Å²) in [6.07, 6.45) is 51.1. The van der Waals surface area contributed by atoms with E-state index in [0.717, 1.165) is 42.7 Å². The molecular formula is C53H111N2O3PS2. The number of hydrogen-bond donors (Lipinski definition) is 1. The molecule has 0 fully saturated rings. The van der Waals surface area contributed by atoms with Gasteiger partial charge in [-0.05, 0) is 62.9 Å². The summed E-state index contributed by atoms with van der Waals surface area (Å²) in [7, 11) is 4.96. The Morgan fingerprint density at radius 1 is 0.443 bits per heavy atom. The quantitative estimate of drug-likeness (QED) is 0.0284. The van der Waals surface area contributed by atoms with E-state index in [4.69, 9.17) is 9.05 Å². The maximum absolute atomic E-state index is 13.7. The van der Waals surface area contributed by atoms with Gasteiger partial charge in [0.25, 0.3) is 0 Å². The lowest BCUT2D eigenvalue weighted by atomic mass is 10.0. The first-order valence-corrected chi connectivity index (χ1v) is 30.9. The van der Waals surface area contributed by atoms with Crippen LogP contribution in [0.3, 0.4) is 0 Å². The number of thioether (sulfide) groups is 2. The third-order valence-electron chi connectivity index (χ3n) is 12.3. The van der Waals surface area contributed by atoms with Gasteiger partial charge in [0.1, 0.15) is 0 Å². The van der Waals surface area contributed by atoms with Crippen LogP contribution < -0.4 is 5.09 Å². The van der Waals surface area contributed by atoms with Crippen LogP contribution in [0.4, 0.5) is 0 Å². The summed E-state index contributed by atoms with van der Waals surface area (Å²) in [6, 6.07) is 0. The van der Waals surface area contributed by atoms with E-state index in [-0.39, 0.29) is 0 Å². The van der Waals surface area contributed by atoms with Crippen LogP contribution in [0.2, 0.25) is 0 Å². The molecule has 61 heavy (non-hydrogen) atoms. The molecule has 0 aliphatic rings. The molecule has 0 radical (unpaired) electrons. The molecule has 0 saturated heterocycles. The normalized spacial score (nSPS) is 14.1. The molecule has 0 rings (SSSR count). The molecule has 3 unspecified atom stereocenters. The van der Waals surface area contributed by atoms with Gasteiger partial charge in [-0.15, -0.1) is 7.05 Å². The van der Waals surface area contributed by atoms with Crippen molar-refractivity contribution in [2.45, 2.75) is 282 Å². The Morgan fingerprint density at radius 2 is 0.721 bits per heavy atom. The number of nitrogens with zero attached hydrogens (tertiary/aromatic N) is 1. The van der Waals surface area contributed by atoms with Crippen molar-refractivity contribution in [1.29, 1.82) is 0 Å². The van der Waals surface area contributed by atoms with Gasteiger partial charge in [-0.3, -0.25) is 9.05 Å². The number of nitrogens with one attached hydrogen (secondary N) is 1. The van der Waals surface area contributed by atoms with E-state index in [1.54, 1.807) is 0 Å². The highest BCUT2D eigenvalue weighted by Gasteiger charge is 2.24. The summed E-state index contributed by atoms with van der Waals surface area (Å²) in [6.45, 7) is 11.6. The maximum Gasteiger partial charge on any atom is 0.405 e. The largest absolute Gasteiger partial charge is 0.461 e. The smallest absolute Gasteiger partial charge is 0.405 e. The third-order valence-corrected chi connectivity index (χ3v) is 16.9. The number of quaternary nitrogens is 1. The highest BCUT2D eigenvalue weighted by atomic mass is 32.2. The Morgan fingerprint density at radius 3 is 1.03 bits per heavy atom. The first-order chi connectivity index (χ1) is 29.7. The molecule has 0 spiro atoms. The van der Waals surface area contributed by atoms with Crippen LogP contribution in [0.1, 0.15) is 272 Å². The van der Waals surface area contributed by atoms with Gasteiger partial charge in [0, 0.05) is 24.6 Å². The van der Waals surface area contributed by atoms with Crippen molar-refractivity contribution in [3.63, 3.8) is 0 Å². The van der Waals surface area contributed by atoms with Gasteiger partial charge in [0.15, 0.2) is 0 Å². The fraction of sp³-hybridized carbons (Fsp3) is 0.981. The van der Waals surface area contributed by atoms with Crippen molar-refractivity contribution in [2.24, 2.45) is 0 Å². The monoisotopic (exact) mass is 919 g/mol. The first-order valence-electron chi connectivity index (χ1n) is 27.2. The summed E-state index contributed by atoms with van der Waals surface area (Å²) < 4.78 is 26.3. The van der Waals surface area contributed by atoms with Crippen LogP contribution in [-0.4, -0.2) is 66.9 Å². The molecule has 0 aliphatic heterocycles. The van der Waals surface area contributed by atoms with Gasteiger partial charge < -0.3 is 4.48 Å². The molecule has 3 atom stereocenters. The van der Waals surface area contributed by atoms with Crippen LogP contribution in [0.5, 0.6) is 0 Å². The zero-order valence-electron chi connectivity index (χ0n) is 42.4. The van der Waals surface area contributed by atoms with E-state index in [9.17, 15) is 4.57 Å². The van der Waals surface area contributed by atoms with Gasteiger partial charge in [-0.1, -0.05) is 220 Å². The minimum atomic E-state index is -3.32. The fourth-order valence-corrected chi connectivity index (χ4v) is 12.3. The van der Waals surface area contributed by atoms with E-state index in [1.165, 1.54) is 230 Å². The molecule has 0 aromatic carbocycles. The third kappa shape index (κ3) is 47.1. The molecule has 0 aliphatic carbocycles. The van der Waals surface area contributed by atoms with Crippen LogP contribution in [-0.2, 0) is 13.6 Å². The van der Waals surface area contributed by atoms with Crippen molar-refractivity contribution in [3.05, 3.63) is 7.05 Å². The van der Waals surface area contributed by atoms with Crippen molar-refractivity contribution >= 4 is 31.3 Å². The molecule has 368 valence electrons. The number of rotatable bonds is 52. The Balaban J connectivity index is 4.39. The first kappa shape index (κ1) is 61.8. The number of likely N-dealkylation sites (N-methyl/N-ethyl adjacent to an activating group) is 1. The summed E-state index contributed by atoms with van der Waals surface area (Å²) in [5.74, 6) is 2.72. The van der Waals surface area contributed by atoms with E-state index in [0.29, 0.717) is 24.2 Å². The van der Waals surface area contributed by atoms with Crippen LogP contribution in [0.25, 0.3) is 0 Å². The van der Waals surface area contributed by atoms with Crippen molar-refractivity contribution in [3.8, 4) is 0 Å². The minimum Gasteiger partial charge on any atom is -0.461 e. The molecule has 8 heteroatoms. The van der Waals surface area contributed by atoms with E-state index in [2.05, 4.69) is 77.4 Å². The van der Waals surface area contributed by atoms with E-state index in [1.807, 2.05) is 0 Å². The Bertz CT molecular complexity index is 907. The zero-order valence-corrected chi connectivity index (χ0v) is 44.9. The highest BCUT2D eigenvalue weighted by molar-refractivity contribution is 8.00. The average Bonchev–Trinajstić information content (AvgIpc) is 3.23. The SMILES string of the molecule is [CH2-][N+](C)(C)CCNP(=O)(OCCCCCCCCCC(CCCCCCCC)SCCCCCC)OCCCCCCCCC(CCCCCCCCC)SCCCCCC. The van der Waals surface area contributed by atoms with Gasteiger partial charge >= 0.3 is 7.75 Å². The molecule has 0 heterocycles. The van der Waals surface area contributed by atoms with Crippen molar-refractivity contribution in [2.75, 3.05) is 51.9 Å². The zero-order chi connectivity index (χ0) is 44.8. The second-order valence-electron chi connectivity index (χ2n) is 19.5. The second-order valence-corrected chi connectivity index (χ2v) is 24.1.